The van der Waals surface area contributed by atoms with E-state index >= 15 is 0 Å². The second kappa shape index (κ2) is 5.61. The Kier molecular flexibility index (Phi) is 4.20. The quantitative estimate of drug-likeness (QED) is 0.844. The molecular formula is C19H23FO. The monoisotopic (exact) mass is 286 g/mol. The molecule has 2 heteroatoms. The molecule has 0 saturated carbocycles. The minimum atomic E-state index is -0.928. The number of halogens is 1. The van der Waals surface area contributed by atoms with Crippen LogP contribution < -0.4 is 0 Å². The first kappa shape index (κ1) is 15.7. The van der Waals surface area contributed by atoms with Crippen LogP contribution in [-0.2, 0) is 0 Å². The molecule has 1 N–H and O–H groups in total. The van der Waals surface area contributed by atoms with E-state index in [1.165, 1.54) is 22.8 Å². The van der Waals surface area contributed by atoms with Gasteiger partial charge >= 0.3 is 0 Å². The highest BCUT2D eigenvalue weighted by Gasteiger charge is 2.22. The summed E-state index contributed by atoms with van der Waals surface area (Å²) in [6, 6.07) is 4.87. The Morgan fingerprint density at radius 2 is 1.29 bits per heavy atom. The molecule has 0 aliphatic carbocycles. The van der Waals surface area contributed by atoms with E-state index in [1.807, 2.05) is 20.8 Å². The number of aliphatic hydroxyl groups is 1. The van der Waals surface area contributed by atoms with Gasteiger partial charge in [0.2, 0.25) is 0 Å². The molecule has 0 aliphatic rings. The molecule has 0 amide bonds. The Morgan fingerprint density at radius 1 is 0.810 bits per heavy atom. The minimum absolute atomic E-state index is 0.351. The molecule has 2 aromatic rings. The summed E-state index contributed by atoms with van der Waals surface area (Å²) in [5, 5.41) is 10.8. The molecule has 0 bridgehead atoms. The Balaban J connectivity index is 2.69. The number of benzene rings is 2. The van der Waals surface area contributed by atoms with Crippen molar-refractivity contribution in [2.45, 2.75) is 47.6 Å². The average Bonchev–Trinajstić information content (AvgIpc) is 2.45. The van der Waals surface area contributed by atoms with E-state index in [0.717, 1.165) is 22.3 Å². The first-order chi connectivity index (χ1) is 9.75. The third kappa shape index (κ3) is 2.60. The zero-order chi connectivity index (χ0) is 15.9. The van der Waals surface area contributed by atoms with Crippen molar-refractivity contribution in [3.05, 3.63) is 68.5 Å². The van der Waals surface area contributed by atoms with E-state index in [2.05, 4.69) is 20.8 Å². The molecule has 0 saturated heterocycles. The van der Waals surface area contributed by atoms with Crippen LogP contribution in [0.4, 0.5) is 4.39 Å². The lowest BCUT2D eigenvalue weighted by molar-refractivity contribution is 0.213. The number of rotatable bonds is 2. The summed E-state index contributed by atoms with van der Waals surface area (Å²) in [4.78, 5) is 0. The Labute approximate surface area is 126 Å². The van der Waals surface area contributed by atoms with Crippen LogP contribution in [0.15, 0.2) is 18.2 Å². The Bertz CT molecular complexity index is 672. The second-order valence-electron chi connectivity index (χ2n) is 5.97. The summed E-state index contributed by atoms with van der Waals surface area (Å²) in [6.45, 7) is 12.1. The maximum atomic E-state index is 14.1. The minimum Gasteiger partial charge on any atom is -0.384 e. The fourth-order valence-corrected chi connectivity index (χ4v) is 2.97. The fraction of sp³-hybridized carbons (Fsp3) is 0.368. The predicted octanol–water partition coefficient (Wildman–Crippen LogP) is 4.76. The first-order valence-electron chi connectivity index (χ1n) is 7.26. The summed E-state index contributed by atoms with van der Waals surface area (Å²) < 4.78 is 14.1. The summed E-state index contributed by atoms with van der Waals surface area (Å²) in [5.41, 5.74) is 7.80. The van der Waals surface area contributed by atoms with E-state index in [1.54, 1.807) is 12.1 Å². The van der Waals surface area contributed by atoms with Crippen LogP contribution in [0.1, 0.15) is 50.6 Å². The zero-order valence-electron chi connectivity index (χ0n) is 13.6. The lowest BCUT2D eigenvalue weighted by Crippen LogP contribution is -2.10. The van der Waals surface area contributed by atoms with Gasteiger partial charge in [0, 0.05) is 5.56 Å². The van der Waals surface area contributed by atoms with Gasteiger partial charge in [-0.05, 0) is 81.0 Å². The van der Waals surface area contributed by atoms with Crippen molar-refractivity contribution in [1.29, 1.82) is 0 Å². The molecule has 2 aromatic carbocycles. The van der Waals surface area contributed by atoms with Crippen molar-refractivity contribution >= 4 is 0 Å². The Hall–Kier alpha value is -1.67. The van der Waals surface area contributed by atoms with Gasteiger partial charge in [-0.3, -0.25) is 0 Å². The van der Waals surface area contributed by atoms with Crippen LogP contribution in [0.2, 0.25) is 0 Å². The van der Waals surface area contributed by atoms with Gasteiger partial charge in [-0.25, -0.2) is 4.39 Å². The lowest BCUT2D eigenvalue weighted by Gasteiger charge is -2.23. The molecule has 2 rings (SSSR count). The van der Waals surface area contributed by atoms with E-state index in [4.69, 9.17) is 0 Å². The standard InChI is InChI=1S/C19H23FO/c1-10-7-8-17(20)16(9-10)19(21)18-14(5)12(3)11(2)13(4)15(18)6/h7-9,19,21H,1-6H3. The molecule has 21 heavy (non-hydrogen) atoms. The normalized spacial score (nSPS) is 12.6. The van der Waals surface area contributed by atoms with Gasteiger partial charge in [-0.1, -0.05) is 17.7 Å². The maximum absolute atomic E-state index is 14.1. The third-order valence-electron chi connectivity index (χ3n) is 4.78. The number of aryl methyl sites for hydroxylation is 1. The van der Waals surface area contributed by atoms with Crippen molar-refractivity contribution in [3.63, 3.8) is 0 Å². The molecule has 0 spiro atoms. The van der Waals surface area contributed by atoms with Crippen LogP contribution in [0, 0.1) is 47.4 Å². The van der Waals surface area contributed by atoms with Crippen molar-refractivity contribution in [3.8, 4) is 0 Å². The topological polar surface area (TPSA) is 20.2 Å². The Morgan fingerprint density at radius 3 is 1.81 bits per heavy atom. The number of aliphatic hydroxyl groups excluding tert-OH is 1. The van der Waals surface area contributed by atoms with Crippen molar-refractivity contribution < 1.29 is 9.50 Å². The molecule has 0 fully saturated rings. The largest absolute Gasteiger partial charge is 0.384 e. The molecule has 0 heterocycles. The fourth-order valence-electron chi connectivity index (χ4n) is 2.97. The average molecular weight is 286 g/mol. The smallest absolute Gasteiger partial charge is 0.129 e. The molecule has 1 nitrogen and oxygen atoms in total. The van der Waals surface area contributed by atoms with Gasteiger partial charge in [-0.2, -0.15) is 0 Å². The van der Waals surface area contributed by atoms with Crippen LogP contribution in [-0.4, -0.2) is 5.11 Å². The van der Waals surface area contributed by atoms with Crippen LogP contribution in [0.5, 0.6) is 0 Å². The van der Waals surface area contributed by atoms with Crippen LogP contribution >= 0.6 is 0 Å². The summed E-state index contributed by atoms with van der Waals surface area (Å²) in [7, 11) is 0. The highest BCUT2D eigenvalue weighted by atomic mass is 19.1. The lowest BCUT2D eigenvalue weighted by atomic mass is 9.85. The van der Waals surface area contributed by atoms with Gasteiger partial charge in [0.15, 0.2) is 0 Å². The first-order valence-corrected chi connectivity index (χ1v) is 7.26. The predicted molar refractivity (Wildman–Crippen MR) is 85.3 cm³/mol. The van der Waals surface area contributed by atoms with Crippen LogP contribution in [0.25, 0.3) is 0 Å². The maximum Gasteiger partial charge on any atom is 0.129 e. The van der Waals surface area contributed by atoms with Crippen LogP contribution in [0.3, 0.4) is 0 Å². The zero-order valence-corrected chi connectivity index (χ0v) is 13.6. The second-order valence-corrected chi connectivity index (χ2v) is 5.97. The molecule has 0 aliphatic heterocycles. The van der Waals surface area contributed by atoms with Crippen molar-refractivity contribution in [2.75, 3.05) is 0 Å². The highest BCUT2D eigenvalue weighted by Crippen LogP contribution is 2.34. The van der Waals surface area contributed by atoms with Gasteiger partial charge in [0.05, 0.1) is 0 Å². The summed E-state index contributed by atoms with van der Waals surface area (Å²) >= 11 is 0. The summed E-state index contributed by atoms with van der Waals surface area (Å²) in [6.07, 6.45) is -0.928. The van der Waals surface area contributed by atoms with Crippen molar-refractivity contribution in [2.24, 2.45) is 0 Å². The van der Waals surface area contributed by atoms with E-state index in [-0.39, 0.29) is 5.82 Å². The molecule has 1 atom stereocenters. The SMILES string of the molecule is Cc1ccc(F)c(C(O)c2c(C)c(C)c(C)c(C)c2C)c1. The van der Waals surface area contributed by atoms with E-state index in [0.29, 0.717) is 5.56 Å². The van der Waals surface area contributed by atoms with Gasteiger partial charge in [0.1, 0.15) is 11.9 Å². The summed E-state index contributed by atoms with van der Waals surface area (Å²) in [5.74, 6) is -0.359. The molecule has 0 radical (unpaired) electrons. The van der Waals surface area contributed by atoms with Gasteiger partial charge < -0.3 is 5.11 Å². The highest BCUT2D eigenvalue weighted by molar-refractivity contribution is 5.52. The molecule has 0 aromatic heterocycles. The number of hydrogen-bond donors (Lipinski definition) is 1. The van der Waals surface area contributed by atoms with Gasteiger partial charge in [0.25, 0.3) is 0 Å². The van der Waals surface area contributed by atoms with E-state index < -0.39 is 6.10 Å². The third-order valence-corrected chi connectivity index (χ3v) is 4.78. The molecule has 1 unspecified atom stereocenters. The van der Waals surface area contributed by atoms with Gasteiger partial charge in [-0.15, -0.1) is 0 Å². The van der Waals surface area contributed by atoms with Crippen molar-refractivity contribution in [1.82, 2.24) is 0 Å². The molecular weight excluding hydrogens is 263 g/mol. The van der Waals surface area contributed by atoms with E-state index in [9.17, 15) is 9.50 Å². The number of hydrogen-bond acceptors (Lipinski definition) is 1. The molecule has 112 valence electrons.